The highest BCUT2D eigenvalue weighted by atomic mass is 127. The fraction of sp³-hybridized carbons (Fsp3) is 0.727. The first-order valence-electron chi connectivity index (χ1n) is 5.75. The predicted molar refractivity (Wildman–Crippen MR) is 67.6 cm³/mol. The van der Waals surface area contributed by atoms with Crippen molar-refractivity contribution in [2.24, 2.45) is 0 Å². The average Bonchev–Trinajstić information content (AvgIpc) is 2.97. The van der Waals surface area contributed by atoms with Gasteiger partial charge in [0.15, 0.2) is 0 Å². The quantitative estimate of drug-likeness (QED) is 0.776. The Bertz CT molecular complexity index is 368. The summed E-state index contributed by atoms with van der Waals surface area (Å²) in [6.07, 6.45) is 2.19. The average molecular weight is 334 g/mol. The Morgan fingerprint density at radius 2 is 2.06 bits per heavy atom. The van der Waals surface area contributed by atoms with E-state index in [2.05, 4.69) is 33.3 Å². The Hall–Kier alpha value is -0.140. The van der Waals surface area contributed by atoms with Gasteiger partial charge in [-0.3, -0.25) is 4.68 Å². The molecule has 0 amide bonds. The third kappa shape index (κ3) is 2.00. The van der Waals surface area contributed by atoms with Gasteiger partial charge in [0, 0.05) is 19.1 Å². The Morgan fingerprint density at radius 1 is 1.25 bits per heavy atom. The van der Waals surface area contributed by atoms with E-state index in [4.69, 9.17) is 14.6 Å². The summed E-state index contributed by atoms with van der Waals surface area (Å²) < 4.78 is 14.2. The molecule has 0 spiro atoms. The third-order valence-corrected chi connectivity index (χ3v) is 4.11. The van der Waals surface area contributed by atoms with Crippen LogP contribution >= 0.6 is 22.6 Å². The van der Waals surface area contributed by atoms with Gasteiger partial charge in [-0.05, 0) is 41.5 Å². The molecule has 0 saturated carbocycles. The van der Waals surface area contributed by atoms with Crippen molar-refractivity contribution in [2.75, 3.05) is 26.4 Å². The van der Waals surface area contributed by atoms with Gasteiger partial charge in [0.1, 0.15) is 0 Å². The van der Waals surface area contributed by atoms with E-state index < -0.39 is 0 Å². The van der Waals surface area contributed by atoms with Crippen LogP contribution in [0, 0.1) is 3.70 Å². The standard InChI is InChI=1S/C11H15IN2O2/c12-11-5-10(8-1-3-15-6-8)13-14(11)9-2-4-16-7-9/h5,8-9H,1-4,6-7H2. The van der Waals surface area contributed by atoms with E-state index in [0.29, 0.717) is 12.0 Å². The maximum atomic E-state index is 5.41. The van der Waals surface area contributed by atoms with E-state index in [1.54, 1.807) is 0 Å². The second kappa shape index (κ2) is 4.62. The molecular formula is C11H15IN2O2. The summed E-state index contributed by atoms with van der Waals surface area (Å²) in [7, 11) is 0. The summed E-state index contributed by atoms with van der Waals surface area (Å²) >= 11 is 2.36. The highest BCUT2D eigenvalue weighted by Gasteiger charge is 2.25. The Kier molecular flexibility index (Phi) is 3.17. The summed E-state index contributed by atoms with van der Waals surface area (Å²) in [6.45, 7) is 3.37. The van der Waals surface area contributed by atoms with Crippen molar-refractivity contribution in [1.29, 1.82) is 0 Å². The molecule has 2 saturated heterocycles. The Morgan fingerprint density at radius 3 is 2.75 bits per heavy atom. The molecule has 1 aromatic rings. The van der Waals surface area contributed by atoms with Gasteiger partial charge in [-0.15, -0.1) is 0 Å². The minimum atomic E-state index is 0.433. The van der Waals surface area contributed by atoms with Gasteiger partial charge in [-0.2, -0.15) is 5.10 Å². The molecule has 1 aromatic heterocycles. The lowest BCUT2D eigenvalue weighted by Crippen LogP contribution is -2.12. The van der Waals surface area contributed by atoms with Crippen molar-refractivity contribution in [3.8, 4) is 0 Å². The molecule has 2 unspecified atom stereocenters. The first kappa shape index (κ1) is 11.0. The molecule has 0 radical (unpaired) electrons. The first-order chi connectivity index (χ1) is 7.84. The van der Waals surface area contributed by atoms with Crippen molar-refractivity contribution >= 4 is 22.6 Å². The number of nitrogens with zero attached hydrogens (tertiary/aromatic N) is 2. The second-order valence-electron chi connectivity index (χ2n) is 4.41. The van der Waals surface area contributed by atoms with Crippen LogP contribution in [0.2, 0.25) is 0 Å². The molecule has 88 valence electrons. The lowest BCUT2D eigenvalue weighted by molar-refractivity contribution is 0.183. The topological polar surface area (TPSA) is 36.3 Å². The molecule has 0 N–H and O–H groups in total. The van der Waals surface area contributed by atoms with Gasteiger partial charge in [0.05, 0.1) is 28.7 Å². The maximum Gasteiger partial charge on any atom is 0.0996 e. The summed E-state index contributed by atoms with van der Waals surface area (Å²) in [5.41, 5.74) is 1.19. The number of aromatic nitrogens is 2. The van der Waals surface area contributed by atoms with Crippen molar-refractivity contribution in [1.82, 2.24) is 9.78 Å². The van der Waals surface area contributed by atoms with Crippen LogP contribution < -0.4 is 0 Å². The van der Waals surface area contributed by atoms with Crippen LogP contribution in [0.4, 0.5) is 0 Å². The molecule has 0 aliphatic carbocycles. The zero-order valence-corrected chi connectivity index (χ0v) is 11.2. The van der Waals surface area contributed by atoms with Crippen LogP contribution in [-0.4, -0.2) is 36.2 Å². The minimum Gasteiger partial charge on any atom is -0.381 e. The van der Waals surface area contributed by atoms with E-state index >= 15 is 0 Å². The van der Waals surface area contributed by atoms with Crippen molar-refractivity contribution in [2.45, 2.75) is 24.8 Å². The normalized spacial score (nSPS) is 30.1. The molecule has 3 heterocycles. The fourth-order valence-electron chi connectivity index (χ4n) is 2.33. The summed E-state index contributed by atoms with van der Waals surface area (Å²) in [5, 5.41) is 4.72. The first-order valence-corrected chi connectivity index (χ1v) is 6.83. The SMILES string of the molecule is Ic1cc(C2CCOC2)nn1C1CCOC1. The summed E-state index contributed by atoms with van der Waals surface area (Å²) in [4.78, 5) is 0. The van der Waals surface area contributed by atoms with Gasteiger partial charge < -0.3 is 9.47 Å². The van der Waals surface area contributed by atoms with Crippen LogP contribution in [0.1, 0.15) is 30.5 Å². The predicted octanol–water partition coefficient (Wildman–Crippen LogP) is 1.95. The lowest BCUT2D eigenvalue weighted by Gasteiger charge is -2.09. The monoisotopic (exact) mass is 334 g/mol. The van der Waals surface area contributed by atoms with Crippen LogP contribution in [0.3, 0.4) is 0 Å². The number of rotatable bonds is 2. The molecule has 0 aromatic carbocycles. The van der Waals surface area contributed by atoms with E-state index in [0.717, 1.165) is 39.3 Å². The molecule has 2 fully saturated rings. The largest absolute Gasteiger partial charge is 0.381 e. The molecule has 4 nitrogen and oxygen atoms in total. The Labute approximate surface area is 108 Å². The fourth-order valence-corrected chi connectivity index (χ4v) is 3.15. The van der Waals surface area contributed by atoms with Crippen LogP contribution in [-0.2, 0) is 9.47 Å². The number of hydrogen-bond acceptors (Lipinski definition) is 3. The molecule has 2 atom stereocenters. The van der Waals surface area contributed by atoms with E-state index in [1.807, 2.05) is 0 Å². The summed E-state index contributed by atoms with van der Waals surface area (Å²) in [6, 6.07) is 2.63. The van der Waals surface area contributed by atoms with Crippen LogP contribution in [0.5, 0.6) is 0 Å². The molecule has 5 heteroatoms. The molecular weight excluding hydrogens is 319 g/mol. The number of hydrogen-bond donors (Lipinski definition) is 0. The van der Waals surface area contributed by atoms with E-state index in [1.165, 1.54) is 9.39 Å². The summed E-state index contributed by atoms with van der Waals surface area (Å²) in [5.74, 6) is 0.497. The van der Waals surface area contributed by atoms with Gasteiger partial charge in [0.2, 0.25) is 0 Å². The van der Waals surface area contributed by atoms with Crippen molar-refractivity contribution in [3.05, 3.63) is 15.5 Å². The van der Waals surface area contributed by atoms with Crippen LogP contribution in [0.15, 0.2) is 6.07 Å². The molecule has 2 aliphatic rings. The van der Waals surface area contributed by atoms with E-state index in [9.17, 15) is 0 Å². The smallest absolute Gasteiger partial charge is 0.0996 e. The lowest BCUT2D eigenvalue weighted by atomic mass is 10.1. The van der Waals surface area contributed by atoms with Gasteiger partial charge in [-0.25, -0.2) is 0 Å². The van der Waals surface area contributed by atoms with Crippen LogP contribution in [0.25, 0.3) is 0 Å². The number of halogens is 1. The minimum absolute atomic E-state index is 0.433. The van der Waals surface area contributed by atoms with Gasteiger partial charge >= 0.3 is 0 Å². The van der Waals surface area contributed by atoms with Crippen molar-refractivity contribution in [3.63, 3.8) is 0 Å². The third-order valence-electron chi connectivity index (χ3n) is 3.31. The van der Waals surface area contributed by atoms with E-state index in [-0.39, 0.29) is 0 Å². The zero-order valence-electron chi connectivity index (χ0n) is 9.06. The molecule has 3 rings (SSSR count). The molecule has 0 bridgehead atoms. The zero-order chi connectivity index (χ0) is 11.0. The van der Waals surface area contributed by atoms with Gasteiger partial charge in [-0.1, -0.05) is 0 Å². The number of ether oxygens (including phenoxy) is 2. The molecule has 16 heavy (non-hydrogen) atoms. The van der Waals surface area contributed by atoms with Gasteiger partial charge in [0.25, 0.3) is 0 Å². The maximum absolute atomic E-state index is 5.41. The van der Waals surface area contributed by atoms with Crippen molar-refractivity contribution < 1.29 is 9.47 Å². The highest BCUT2D eigenvalue weighted by Crippen LogP contribution is 2.28. The highest BCUT2D eigenvalue weighted by molar-refractivity contribution is 14.1. The Balaban J connectivity index is 1.83. The second-order valence-corrected chi connectivity index (χ2v) is 5.52. The molecule has 2 aliphatic heterocycles.